The van der Waals surface area contributed by atoms with E-state index in [-0.39, 0.29) is 12.1 Å². The van der Waals surface area contributed by atoms with Crippen molar-refractivity contribution in [2.24, 2.45) is 0 Å². The third kappa shape index (κ3) is 2.27. The third-order valence-electron chi connectivity index (χ3n) is 5.31. The number of carbonyl (C=O) groups is 1. The van der Waals surface area contributed by atoms with E-state index >= 15 is 0 Å². The maximum Gasteiger partial charge on any atom is 0.238 e. The lowest BCUT2D eigenvalue weighted by Crippen LogP contribution is -2.48. The van der Waals surface area contributed by atoms with E-state index in [1.807, 2.05) is 6.07 Å². The summed E-state index contributed by atoms with van der Waals surface area (Å²) in [5.41, 5.74) is 1.21. The number of nitrogens with one attached hydrogen (secondary N) is 1. The fraction of sp³-hybridized carbons (Fsp3) is 0.588. The normalized spacial score (nSPS) is 33.4. The highest BCUT2D eigenvalue weighted by Crippen LogP contribution is 2.35. The molecule has 0 aliphatic carbocycles. The number of amides is 1. The molecule has 112 valence electrons. The van der Waals surface area contributed by atoms with Crippen molar-refractivity contribution < 1.29 is 4.79 Å². The van der Waals surface area contributed by atoms with Crippen LogP contribution in [-0.2, 0) is 4.79 Å². The molecule has 1 aromatic carbocycles. The molecule has 1 N–H and O–H groups in total. The molecule has 3 heterocycles. The van der Waals surface area contributed by atoms with E-state index in [0.717, 1.165) is 13.0 Å². The molecule has 3 unspecified atom stereocenters. The summed E-state index contributed by atoms with van der Waals surface area (Å²) in [6, 6.07) is 11.3. The van der Waals surface area contributed by atoms with Gasteiger partial charge in [-0.2, -0.15) is 0 Å². The molecule has 3 atom stereocenters. The zero-order valence-electron chi connectivity index (χ0n) is 12.4. The standard InChI is InChI=1S/C17H23N3O/c21-16-12-18-17(13-6-2-1-3-7-13)20(16)15-9-11-19-10-5-4-8-14(15)19/h1-3,6-7,14-15,17-18H,4-5,8-12H2. The second-order valence-corrected chi connectivity index (χ2v) is 6.45. The summed E-state index contributed by atoms with van der Waals surface area (Å²) >= 11 is 0. The van der Waals surface area contributed by atoms with E-state index in [2.05, 4.69) is 39.4 Å². The SMILES string of the molecule is O=C1CNC(c2ccccc2)N1C1CCN2CCCCC12. The smallest absolute Gasteiger partial charge is 0.238 e. The van der Waals surface area contributed by atoms with Gasteiger partial charge >= 0.3 is 0 Å². The first-order valence-electron chi connectivity index (χ1n) is 8.18. The number of carbonyl (C=O) groups excluding carboxylic acids is 1. The van der Waals surface area contributed by atoms with Gasteiger partial charge in [0.1, 0.15) is 6.17 Å². The van der Waals surface area contributed by atoms with Crippen molar-refractivity contribution in [2.75, 3.05) is 19.6 Å². The average Bonchev–Trinajstić information content (AvgIpc) is 3.11. The van der Waals surface area contributed by atoms with Crippen LogP contribution >= 0.6 is 0 Å². The molecule has 0 aromatic heterocycles. The fourth-order valence-corrected chi connectivity index (χ4v) is 4.35. The topological polar surface area (TPSA) is 35.6 Å². The number of rotatable bonds is 2. The maximum absolute atomic E-state index is 12.5. The Bertz CT molecular complexity index is 518. The summed E-state index contributed by atoms with van der Waals surface area (Å²) in [5.74, 6) is 0.265. The Balaban J connectivity index is 1.61. The number of fused-ring (bicyclic) bond motifs is 1. The summed E-state index contributed by atoms with van der Waals surface area (Å²) in [4.78, 5) is 17.2. The predicted molar refractivity (Wildman–Crippen MR) is 81.6 cm³/mol. The van der Waals surface area contributed by atoms with Gasteiger partial charge in [0.2, 0.25) is 5.91 Å². The van der Waals surface area contributed by atoms with Crippen LogP contribution in [0.25, 0.3) is 0 Å². The lowest BCUT2D eigenvalue weighted by atomic mass is 9.97. The van der Waals surface area contributed by atoms with Crippen molar-refractivity contribution in [1.82, 2.24) is 15.1 Å². The van der Waals surface area contributed by atoms with Gasteiger partial charge in [0.15, 0.2) is 0 Å². The van der Waals surface area contributed by atoms with Crippen LogP contribution in [0.5, 0.6) is 0 Å². The number of nitrogens with zero attached hydrogens (tertiary/aromatic N) is 2. The van der Waals surface area contributed by atoms with Gasteiger partial charge in [-0.1, -0.05) is 36.8 Å². The maximum atomic E-state index is 12.5. The van der Waals surface area contributed by atoms with Crippen LogP contribution in [0.3, 0.4) is 0 Å². The highest BCUT2D eigenvalue weighted by atomic mass is 16.2. The minimum atomic E-state index is 0.0607. The van der Waals surface area contributed by atoms with Gasteiger partial charge in [-0.25, -0.2) is 0 Å². The molecule has 3 aliphatic rings. The highest BCUT2D eigenvalue weighted by Gasteiger charge is 2.45. The Morgan fingerprint density at radius 3 is 2.71 bits per heavy atom. The summed E-state index contributed by atoms with van der Waals surface area (Å²) in [7, 11) is 0. The Morgan fingerprint density at radius 1 is 1.00 bits per heavy atom. The van der Waals surface area contributed by atoms with E-state index < -0.39 is 0 Å². The average molecular weight is 285 g/mol. The minimum absolute atomic E-state index is 0.0607. The first-order valence-corrected chi connectivity index (χ1v) is 8.18. The summed E-state index contributed by atoms with van der Waals surface area (Å²) in [6.45, 7) is 2.84. The van der Waals surface area contributed by atoms with Crippen LogP contribution in [0.2, 0.25) is 0 Å². The van der Waals surface area contributed by atoms with Gasteiger partial charge in [-0.05, 0) is 31.4 Å². The zero-order chi connectivity index (χ0) is 14.2. The van der Waals surface area contributed by atoms with E-state index in [4.69, 9.17) is 0 Å². The molecule has 3 aliphatic heterocycles. The molecule has 0 bridgehead atoms. The van der Waals surface area contributed by atoms with E-state index in [9.17, 15) is 4.79 Å². The first-order chi connectivity index (χ1) is 10.3. The highest BCUT2D eigenvalue weighted by molar-refractivity contribution is 5.81. The second-order valence-electron chi connectivity index (χ2n) is 6.45. The predicted octanol–water partition coefficient (Wildman–Crippen LogP) is 1.74. The molecular weight excluding hydrogens is 262 g/mol. The second kappa shape index (κ2) is 5.43. The van der Waals surface area contributed by atoms with Crippen molar-refractivity contribution in [1.29, 1.82) is 0 Å². The molecule has 3 saturated heterocycles. The summed E-state index contributed by atoms with van der Waals surface area (Å²) in [6.07, 6.45) is 5.06. The van der Waals surface area contributed by atoms with Gasteiger partial charge in [0.25, 0.3) is 0 Å². The van der Waals surface area contributed by atoms with Gasteiger partial charge in [0, 0.05) is 12.6 Å². The molecule has 3 fully saturated rings. The van der Waals surface area contributed by atoms with Gasteiger partial charge in [0.05, 0.1) is 12.6 Å². The number of benzene rings is 1. The van der Waals surface area contributed by atoms with Crippen molar-refractivity contribution >= 4 is 5.91 Å². The summed E-state index contributed by atoms with van der Waals surface area (Å²) in [5, 5.41) is 3.40. The molecule has 0 spiro atoms. The van der Waals surface area contributed by atoms with Crippen LogP contribution in [0.1, 0.15) is 37.4 Å². The monoisotopic (exact) mass is 285 g/mol. The molecule has 1 aromatic rings. The number of hydrogen-bond donors (Lipinski definition) is 1. The van der Waals surface area contributed by atoms with E-state index in [0.29, 0.717) is 18.6 Å². The number of piperidine rings is 1. The Labute approximate surface area is 126 Å². The molecular formula is C17H23N3O. The Morgan fingerprint density at radius 2 is 1.86 bits per heavy atom. The largest absolute Gasteiger partial charge is 0.317 e. The lowest BCUT2D eigenvalue weighted by molar-refractivity contribution is -0.131. The van der Waals surface area contributed by atoms with E-state index in [1.165, 1.54) is 31.4 Å². The molecule has 1 amide bonds. The minimum Gasteiger partial charge on any atom is -0.317 e. The molecule has 0 radical (unpaired) electrons. The first kappa shape index (κ1) is 13.3. The quantitative estimate of drug-likeness (QED) is 0.899. The third-order valence-corrected chi connectivity index (χ3v) is 5.31. The van der Waals surface area contributed by atoms with Crippen LogP contribution in [0.4, 0.5) is 0 Å². The number of hydrogen-bond acceptors (Lipinski definition) is 3. The zero-order valence-corrected chi connectivity index (χ0v) is 12.4. The molecule has 4 rings (SSSR count). The van der Waals surface area contributed by atoms with Gasteiger partial charge in [-0.15, -0.1) is 0 Å². The Hall–Kier alpha value is -1.39. The van der Waals surface area contributed by atoms with Crippen molar-refractivity contribution in [2.45, 2.75) is 43.9 Å². The van der Waals surface area contributed by atoms with Crippen LogP contribution in [0, 0.1) is 0 Å². The molecule has 21 heavy (non-hydrogen) atoms. The lowest BCUT2D eigenvalue weighted by Gasteiger charge is -2.38. The fourth-order valence-electron chi connectivity index (χ4n) is 4.35. The van der Waals surface area contributed by atoms with Crippen molar-refractivity contribution in [3.63, 3.8) is 0 Å². The van der Waals surface area contributed by atoms with Crippen molar-refractivity contribution in [3.8, 4) is 0 Å². The van der Waals surface area contributed by atoms with E-state index in [1.54, 1.807) is 0 Å². The molecule has 4 nitrogen and oxygen atoms in total. The van der Waals surface area contributed by atoms with Gasteiger partial charge < -0.3 is 4.90 Å². The van der Waals surface area contributed by atoms with Crippen LogP contribution < -0.4 is 5.32 Å². The molecule has 4 heteroatoms. The van der Waals surface area contributed by atoms with Gasteiger partial charge in [-0.3, -0.25) is 15.0 Å². The van der Waals surface area contributed by atoms with Crippen LogP contribution in [-0.4, -0.2) is 47.4 Å². The summed E-state index contributed by atoms with van der Waals surface area (Å²) < 4.78 is 0. The van der Waals surface area contributed by atoms with Crippen molar-refractivity contribution in [3.05, 3.63) is 35.9 Å². The molecule has 0 saturated carbocycles. The Kier molecular flexibility index (Phi) is 3.43. The van der Waals surface area contributed by atoms with Crippen LogP contribution in [0.15, 0.2) is 30.3 Å².